The highest BCUT2D eigenvalue weighted by atomic mass is 16.5. The van der Waals surface area contributed by atoms with Crippen LogP contribution in [0, 0.1) is 0 Å². The van der Waals surface area contributed by atoms with Crippen LogP contribution in [0.2, 0.25) is 0 Å². The highest BCUT2D eigenvalue weighted by Crippen LogP contribution is 2.24. The molecule has 1 aliphatic rings. The number of hydrogen-bond acceptors (Lipinski definition) is 5. The lowest BCUT2D eigenvalue weighted by atomic mass is 10.3. The summed E-state index contributed by atoms with van der Waals surface area (Å²) in [5.41, 5.74) is 1.61. The second-order valence-electron chi connectivity index (χ2n) is 6.19. The predicted molar refractivity (Wildman–Crippen MR) is 92.9 cm³/mol. The smallest absolute Gasteiger partial charge is 0.343 e. The first-order valence-corrected chi connectivity index (χ1v) is 8.60. The van der Waals surface area contributed by atoms with Gasteiger partial charge >= 0.3 is 12.0 Å². The largest absolute Gasteiger partial charge is 0.462 e. The highest BCUT2D eigenvalue weighted by Gasteiger charge is 2.32. The molecule has 3 heterocycles. The number of anilines is 1. The van der Waals surface area contributed by atoms with Crippen LogP contribution in [0.15, 0.2) is 12.3 Å². The van der Waals surface area contributed by atoms with Gasteiger partial charge < -0.3 is 9.64 Å². The molecule has 2 aromatic rings. The average Bonchev–Trinajstić information content (AvgIpc) is 3.17. The fourth-order valence-corrected chi connectivity index (χ4v) is 3.00. The van der Waals surface area contributed by atoms with Gasteiger partial charge in [0.2, 0.25) is 0 Å². The molecule has 8 nitrogen and oxygen atoms in total. The van der Waals surface area contributed by atoms with Crippen molar-refractivity contribution in [3.8, 4) is 0 Å². The Balaban J connectivity index is 2.06. The summed E-state index contributed by atoms with van der Waals surface area (Å²) >= 11 is 0. The van der Waals surface area contributed by atoms with Crippen molar-refractivity contribution in [1.82, 2.24) is 19.5 Å². The van der Waals surface area contributed by atoms with Crippen LogP contribution in [0.3, 0.4) is 0 Å². The molecule has 0 radical (unpaired) electrons. The van der Waals surface area contributed by atoms with Crippen molar-refractivity contribution >= 4 is 23.5 Å². The zero-order valence-corrected chi connectivity index (χ0v) is 15.0. The topological polar surface area (TPSA) is 80.0 Å². The summed E-state index contributed by atoms with van der Waals surface area (Å²) in [6, 6.07) is 1.93. The van der Waals surface area contributed by atoms with E-state index in [4.69, 9.17) is 4.74 Å². The third-order valence-corrected chi connectivity index (χ3v) is 4.33. The summed E-state index contributed by atoms with van der Waals surface area (Å²) in [5.74, 6) is 0.0873. The van der Waals surface area contributed by atoms with Gasteiger partial charge in [-0.25, -0.2) is 19.1 Å². The molecule has 8 heteroatoms. The number of ether oxygens (including phenoxy) is 1. The number of aromatic nitrogens is 3. The minimum absolute atomic E-state index is 0.0638. The summed E-state index contributed by atoms with van der Waals surface area (Å²) in [4.78, 5) is 32.8. The Labute approximate surface area is 146 Å². The Morgan fingerprint density at radius 2 is 2.08 bits per heavy atom. The lowest BCUT2D eigenvalue weighted by Gasteiger charge is -2.21. The molecule has 0 bridgehead atoms. The molecule has 0 aromatic carbocycles. The first kappa shape index (κ1) is 17.2. The standard InChI is InChI=1S/C17H23N5O3/c1-5-12-9-14(21-8-7-20(11(3)4)17(21)24)19-15-13(10-18-22(12)15)16(23)25-6-2/h9-11H,5-8H2,1-4H3. The number of urea groups is 1. The maximum atomic E-state index is 12.6. The van der Waals surface area contributed by atoms with Crippen LogP contribution in [-0.2, 0) is 11.2 Å². The van der Waals surface area contributed by atoms with E-state index in [1.54, 1.807) is 21.2 Å². The van der Waals surface area contributed by atoms with Crippen molar-refractivity contribution in [2.45, 2.75) is 40.2 Å². The Morgan fingerprint density at radius 1 is 1.32 bits per heavy atom. The molecule has 134 valence electrons. The van der Waals surface area contributed by atoms with E-state index in [2.05, 4.69) is 10.1 Å². The molecule has 1 saturated heterocycles. The van der Waals surface area contributed by atoms with Gasteiger partial charge in [0, 0.05) is 30.9 Å². The quantitative estimate of drug-likeness (QED) is 0.776. The molecule has 0 atom stereocenters. The second kappa shape index (κ2) is 6.70. The molecule has 0 aliphatic carbocycles. The van der Waals surface area contributed by atoms with Crippen molar-refractivity contribution in [2.75, 3.05) is 24.6 Å². The van der Waals surface area contributed by atoms with Crippen LogP contribution in [0.4, 0.5) is 10.6 Å². The van der Waals surface area contributed by atoms with Crippen LogP contribution in [-0.4, -0.2) is 57.2 Å². The van der Waals surface area contributed by atoms with E-state index in [0.717, 1.165) is 5.69 Å². The molecular formula is C17H23N5O3. The third kappa shape index (κ3) is 2.92. The number of nitrogens with zero attached hydrogens (tertiary/aromatic N) is 5. The van der Waals surface area contributed by atoms with E-state index in [1.807, 2.05) is 26.8 Å². The monoisotopic (exact) mass is 345 g/mol. The van der Waals surface area contributed by atoms with Crippen LogP contribution in [0.25, 0.3) is 5.65 Å². The van der Waals surface area contributed by atoms with Crippen molar-refractivity contribution in [2.24, 2.45) is 0 Å². The molecule has 0 unspecified atom stereocenters. The fraction of sp³-hybridized carbons (Fsp3) is 0.529. The van der Waals surface area contributed by atoms with Gasteiger partial charge in [0.25, 0.3) is 0 Å². The lowest BCUT2D eigenvalue weighted by molar-refractivity contribution is 0.0528. The predicted octanol–water partition coefficient (Wildman–Crippen LogP) is 2.12. The molecule has 0 spiro atoms. The summed E-state index contributed by atoms with van der Waals surface area (Å²) in [6.07, 6.45) is 2.17. The number of hydrogen-bond donors (Lipinski definition) is 0. The van der Waals surface area contributed by atoms with E-state index in [0.29, 0.717) is 36.5 Å². The van der Waals surface area contributed by atoms with E-state index >= 15 is 0 Å². The maximum Gasteiger partial charge on any atom is 0.343 e. The molecule has 1 fully saturated rings. The number of amides is 2. The maximum absolute atomic E-state index is 12.6. The minimum Gasteiger partial charge on any atom is -0.462 e. The molecule has 2 aromatic heterocycles. The Morgan fingerprint density at radius 3 is 2.68 bits per heavy atom. The zero-order chi connectivity index (χ0) is 18.1. The summed E-state index contributed by atoms with van der Waals surface area (Å²) < 4.78 is 6.72. The van der Waals surface area contributed by atoms with Crippen molar-refractivity contribution in [1.29, 1.82) is 0 Å². The number of aryl methyl sites for hydroxylation is 1. The number of carbonyl (C=O) groups is 2. The molecule has 0 N–H and O–H groups in total. The van der Waals surface area contributed by atoms with E-state index in [-0.39, 0.29) is 18.7 Å². The Kier molecular flexibility index (Phi) is 4.61. The molecular weight excluding hydrogens is 322 g/mol. The van der Waals surface area contributed by atoms with Gasteiger partial charge in [-0.2, -0.15) is 5.10 Å². The fourth-order valence-electron chi connectivity index (χ4n) is 3.00. The van der Waals surface area contributed by atoms with Crippen LogP contribution < -0.4 is 4.90 Å². The molecule has 2 amide bonds. The van der Waals surface area contributed by atoms with Crippen molar-refractivity contribution < 1.29 is 14.3 Å². The normalized spacial score (nSPS) is 14.8. The Bertz CT molecular complexity index is 814. The van der Waals surface area contributed by atoms with E-state index in [9.17, 15) is 9.59 Å². The molecule has 25 heavy (non-hydrogen) atoms. The SMILES string of the molecule is CCOC(=O)c1cnn2c(CC)cc(N3CCN(C(C)C)C3=O)nc12. The van der Waals surface area contributed by atoms with E-state index in [1.165, 1.54) is 6.20 Å². The van der Waals surface area contributed by atoms with Gasteiger partial charge in [-0.1, -0.05) is 6.92 Å². The number of carbonyl (C=O) groups excluding carboxylic acids is 2. The minimum atomic E-state index is -0.458. The summed E-state index contributed by atoms with van der Waals surface area (Å²) in [7, 11) is 0. The molecule has 3 rings (SSSR count). The highest BCUT2D eigenvalue weighted by molar-refractivity contribution is 5.97. The number of rotatable bonds is 5. The number of fused-ring (bicyclic) bond motifs is 1. The first-order valence-electron chi connectivity index (χ1n) is 8.60. The second-order valence-corrected chi connectivity index (χ2v) is 6.19. The average molecular weight is 345 g/mol. The van der Waals surface area contributed by atoms with E-state index < -0.39 is 5.97 Å². The number of esters is 1. The molecule has 1 aliphatic heterocycles. The van der Waals surface area contributed by atoms with Crippen molar-refractivity contribution in [3.05, 3.63) is 23.5 Å². The van der Waals surface area contributed by atoms with Crippen LogP contribution in [0.1, 0.15) is 43.7 Å². The Hall–Kier alpha value is -2.64. The van der Waals surface area contributed by atoms with Gasteiger partial charge in [0.15, 0.2) is 5.65 Å². The van der Waals surface area contributed by atoms with Crippen LogP contribution >= 0.6 is 0 Å². The first-order chi connectivity index (χ1) is 12.0. The zero-order valence-electron chi connectivity index (χ0n) is 15.0. The summed E-state index contributed by atoms with van der Waals surface area (Å²) in [5, 5.41) is 4.26. The van der Waals surface area contributed by atoms with Crippen LogP contribution in [0.5, 0.6) is 0 Å². The van der Waals surface area contributed by atoms with Crippen molar-refractivity contribution in [3.63, 3.8) is 0 Å². The van der Waals surface area contributed by atoms with Gasteiger partial charge in [-0.05, 0) is 27.2 Å². The lowest BCUT2D eigenvalue weighted by Crippen LogP contribution is -2.36. The van der Waals surface area contributed by atoms with Gasteiger partial charge in [-0.3, -0.25) is 4.90 Å². The van der Waals surface area contributed by atoms with Gasteiger partial charge in [0.1, 0.15) is 11.4 Å². The third-order valence-electron chi connectivity index (χ3n) is 4.33. The molecule has 0 saturated carbocycles. The summed E-state index contributed by atoms with van der Waals surface area (Å²) in [6.45, 7) is 9.25. The van der Waals surface area contributed by atoms with Gasteiger partial charge in [-0.15, -0.1) is 0 Å². The van der Waals surface area contributed by atoms with Gasteiger partial charge in [0.05, 0.1) is 12.8 Å².